The zero-order valence-electron chi connectivity index (χ0n) is 11.6. The van der Waals surface area contributed by atoms with E-state index in [0.29, 0.717) is 0 Å². The largest absolute Gasteiger partial charge is 0.496 e. The van der Waals surface area contributed by atoms with Crippen LogP contribution < -0.4 is 10.1 Å². The number of aromatic nitrogens is 2. The molecule has 0 bridgehead atoms. The van der Waals surface area contributed by atoms with Gasteiger partial charge in [-0.25, -0.2) is 4.98 Å². The van der Waals surface area contributed by atoms with Crippen LogP contribution >= 0.6 is 0 Å². The number of nitrogens with zero attached hydrogens (tertiary/aromatic N) is 2. The lowest BCUT2D eigenvalue weighted by Crippen LogP contribution is -2.03. The Labute approximate surface area is 113 Å². The average molecular weight is 257 g/mol. The summed E-state index contributed by atoms with van der Waals surface area (Å²) in [5, 5.41) is 3.24. The number of methoxy groups -OCH3 is 1. The van der Waals surface area contributed by atoms with Crippen LogP contribution in [0.2, 0.25) is 0 Å². The first-order valence-corrected chi connectivity index (χ1v) is 6.45. The molecule has 1 aromatic heterocycles. The van der Waals surface area contributed by atoms with Gasteiger partial charge in [-0.2, -0.15) is 0 Å². The molecular weight excluding hydrogens is 238 g/mol. The van der Waals surface area contributed by atoms with Crippen molar-refractivity contribution in [2.45, 2.75) is 20.3 Å². The molecule has 0 saturated carbocycles. The molecule has 2 aromatic rings. The van der Waals surface area contributed by atoms with E-state index < -0.39 is 0 Å². The lowest BCUT2D eigenvalue weighted by atomic mass is 10.1. The Morgan fingerprint density at radius 3 is 2.84 bits per heavy atom. The maximum atomic E-state index is 5.39. The molecular formula is C15H19N3O. The Bertz CT molecular complexity index is 555. The number of rotatable bonds is 5. The van der Waals surface area contributed by atoms with Gasteiger partial charge in [0.1, 0.15) is 11.6 Å². The van der Waals surface area contributed by atoms with Gasteiger partial charge in [0.25, 0.3) is 0 Å². The van der Waals surface area contributed by atoms with E-state index >= 15 is 0 Å². The first-order chi connectivity index (χ1) is 9.24. The molecule has 4 nitrogen and oxygen atoms in total. The van der Waals surface area contributed by atoms with Crippen LogP contribution in [-0.2, 0) is 0 Å². The molecule has 0 fully saturated rings. The second-order valence-corrected chi connectivity index (χ2v) is 4.42. The zero-order valence-corrected chi connectivity index (χ0v) is 11.6. The highest BCUT2D eigenvalue weighted by molar-refractivity contribution is 5.68. The van der Waals surface area contributed by atoms with Gasteiger partial charge < -0.3 is 10.1 Å². The van der Waals surface area contributed by atoms with Crippen LogP contribution in [0.4, 0.5) is 5.82 Å². The van der Waals surface area contributed by atoms with E-state index in [1.54, 1.807) is 19.5 Å². The molecule has 1 aromatic carbocycles. The molecule has 1 N–H and O–H groups in total. The van der Waals surface area contributed by atoms with Crippen molar-refractivity contribution >= 4 is 5.82 Å². The van der Waals surface area contributed by atoms with Crippen LogP contribution in [-0.4, -0.2) is 23.6 Å². The number of anilines is 1. The lowest BCUT2D eigenvalue weighted by molar-refractivity contribution is 0.416. The summed E-state index contributed by atoms with van der Waals surface area (Å²) in [4.78, 5) is 8.82. The van der Waals surface area contributed by atoms with Gasteiger partial charge in [-0.3, -0.25) is 4.98 Å². The van der Waals surface area contributed by atoms with Crippen LogP contribution in [0.1, 0.15) is 18.9 Å². The number of nitrogens with one attached hydrogen (secondary N) is 1. The van der Waals surface area contributed by atoms with Gasteiger partial charge >= 0.3 is 0 Å². The third-order valence-corrected chi connectivity index (χ3v) is 2.82. The number of ether oxygens (including phenoxy) is 1. The SMILES string of the molecule is CCCNc1cncc(-c2cc(C)ccc2OC)n1. The number of aryl methyl sites for hydroxylation is 1. The third-order valence-electron chi connectivity index (χ3n) is 2.82. The zero-order chi connectivity index (χ0) is 13.7. The summed E-state index contributed by atoms with van der Waals surface area (Å²) in [6, 6.07) is 6.04. The Morgan fingerprint density at radius 1 is 1.26 bits per heavy atom. The summed E-state index contributed by atoms with van der Waals surface area (Å²) >= 11 is 0. The molecule has 1 heterocycles. The molecule has 0 aliphatic heterocycles. The molecule has 0 aliphatic rings. The summed E-state index contributed by atoms with van der Waals surface area (Å²) < 4.78 is 5.39. The molecule has 0 atom stereocenters. The molecule has 0 saturated heterocycles. The van der Waals surface area contributed by atoms with Gasteiger partial charge in [0.2, 0.25) is 0 Å². The van der Waals surface area contributed by atoms with Gasteiger partial charge in [-0.05, 0) is 25.5 Å². The van der Waals surface area contributed by atoms with E-state index in [9.17, 15) is 0 Å². The van der Waals surface area contributed by atoms with E-state index in [-0.39, 0.29) is 0 Å². The minimum absolute atomic E-state index is 0.794. The first kappa shape index (κ1) is 13.3. The van der Waals surface area contributed by atoms with E-state index in [4.69, 9.17) is 4.74 Å². The van der Waals surface area contributed by atoms with Crippen molar-refractivity contribution in [2.75, 3.05) is 19.0 Å². The molecule has 0 amide bonds. The molecule has 4 heteroatoms. The summed E-state index contributed by atoms with van der Waals surface area (Å²) in [5.41, 5.74) is 2.96. The second-order valence-electron chi connectivity index (χ2n) is 4.42. The Balaban J connectivity index is 2.38. The molecule has 100 valence electrons. The van der Waals surface area contributed by atoms with Crippen molar-refractivity contribution in [1.82, 2.24) is 9.97 Å². The predicted octanol–water partition coefficient (Wildman–Crippen LogP) is 3.28. The minimum Gasteiger partial charge on any atom is -0.496 e. The van der Waals surface area contributed by atoms with Crippen molar-refractivity contribution in [1.29, 1.82) is 0 Å². The fraction of sp³-hybridized carbons (Fsp3) is 0.333. The van der Waals surface area contributed by atoms with Crippen molar-refractivity contribution in [2.24, 2.45) is 0 Å². The molecule has 2 rings (SSSR count). The number of hydrogen-bond donors (Lipinski definition) is 1. The third kappa shape index (κ3) is 3.22. The Kier molecular flexibility index (Phi) is 4.34. The highest BCUT2D eigenvalue weighted by Gasteiger charge is 2.08. The van der Waals surface area contributed by atoms with Gasteiger partial charge in [0.15, 0.2) is 0 Å². The maximum absolute atomic E-state index is 5.39. The molecule has 0 spiro atoms. The highest BCUT2D eigenvalue weighted by atomic mass is 16.5. The van der Waals surface area contributed by atoms with Gasteiger partial charge in [0, 0.05) is 12.1 Å². The summed E-state index contributed by atoms with van der Waals surface area (Å²) in [6.07, 6.45) is 4.55. The fourth-order valence-electron chi connectivity index (χ4n) is 1.86. The number of hydrogen-bond acceptors (Lipinski definition) is 4. The summed E-state index contributed by atoms with van der Waals surface area (Å²) in [6.45, 7) is 5.06. The van der Waals surface area contributed by atoms with Gasteiger partial charge in [-0.1, -0.05) is 18.6 Å². The monoisotopic (exact) mass is 257 g/mol. The number of benzene rings is 1. The van der Waals surface area contributed by atoms with Crippen molar-refractivity contribution in [3.8, 4) is 17.0 Å². The predicted molar refractivity (Wildman–Crippen MR) is 77.5 cm³/mol. The van der Waals surface area contributed by atoms with Crippen LogP contribution in [0.15, 0.2) is 30.6 Å². The fourth-order valence-corrected chi connectivity index (χ4v) is 1.86. The first-order valence-electron chi connectivity index (χ1n) is 6.45. The van der Waals surface area contributed by atoms with Crippen molar-refractivity contribution in [3.05, 3.63) is 36.2 Å². The van der Waals surface area contributed by atoms with Gasteiger partial charge in [0.05, 0.1) is 25.2 Å². The molecule has 19 heavy (non-hydrogen) atoms. The molecule has 0 aliphatic carbocycles. The van der Waals surface area contributed by atoms with Crippen molar-refractivity contribution in [3.63, 3.8) is 0 Å². The summed E-state index contributed by atoms with van der Waals surface area (Å²) in [7, 11) is 1.67. The lowest BCUT2D eigenvalue weighted by Gasteiger charge is -2.10. The average Bonchev–Trinajstić information content (AvgIpc) is 2.45. The summed E-state index contributed by atoms with van der Waals surface area (Å²) in [5.74, 6) is 1.61. The smallest absolute Gasteiger partial charge is 0.145 e. The van der Waals surface area contributed by atoms with Crippen LogP contribution in [0.3, 0.4) is 0 Å². The quantitative estimate of drug-likeness (QED) is 0.893. The second kappa shape index (κ2) is 6.18. The van der Waals surface area contributed by atoms with Crippen LogP contribution in [0.5, 0.6) is 5.75 Å². The van der Waals surface area contributed by atoms with Gasteiger partial charge in [-0.15, -0.1) is 0 Å². The van der Waals surface area contributed by atoms with E-state index in [2.05, 4.69) is 35.2 Å². The van der Waals surface area contributed by atoms with Crippen molar-refractivity contribution < 1.29 is 4.74 Å². The van der Waals surface area contributed by atoms with Crippen LogP contribution in [0.25, 0.3) is 11.3 Å². The molecule has 0 unspecified atom stereocenters. The van der Waals surface area contributed by atoms with E-state index in [0.717, 1.165) is 35.8 Å². The standard InChI is InChI=1S/C15H19N3O/c1-4-7-17-15-10-16-9-13(18-15)12-8-11(2)5-6-14(12)19-3/h5-6,8-10H,4,7H2,1-3H3,(H,17,18). The molecule has 0 radical (unpaired) electrons. The Hall–Kier alpha value is -2.10. The topological polar surface area (TPSA) is 47.0 Å². The highest BCUT2D eigenvalue weighted by Crippen LogP contribution is 2.29. The van der Waals surface area contributed by atoms with E-state index in [1.165, 1.54) is 5.56 Å². The minimum atomic E-state index is 0.794. The Morgan fingerprint density at radius 2 is 2.11 bits per heavy atom. The van der Waals surface area contributed by atoms with Crippen LogP contribution in [0, 0.1) is 6.92 Å². The maximum Gasteiger partial charge on any atom is 0.145 e. The normalized spacial score (nSPS) is 10.3. The van der Waals surface area contributed by atoms with E-state index in [1.807, 2.05) is 12.1 Å².